The van der Waals surface area contributed by atoms with Crippen LogP contribution in [0.3, 0.4) is 0 Å². The highest BCUT2D eigenvalue weighted by Gasteiger charge is 2.28. The van der Waals surface area contributed by atoms with Gasteiger partial charge in [-0.2, -0.15) is 5.26 Å². The predicted octanol–water partition coefficient (Wildman–Crippen LogP) is 3.12. The van der Waals surface area contributed by atoms with Crippen molar-refractivity contribution >= 4 is 17.6 Å². The summed E-state index contributed by atoms with van der Waals surface area (Å²) in [7, 11) is 0. The first-order chi connectivity index (χ1) is 8.93. The molecule has 0 bridgehead atoms. The van der Waals surface area contributed by atoms with Gasteiger partial charge in [0, 0.05) is 5.92 Å². The highest BCUT2D eigenvalue weighted by Crippen LogP contribution is 2.34. The first-order valence-electron chi connectivity index (χ1n) is 6.41. The second-order valence-corrected chi connectivity index (χ2v) is 7.68. The summed E-state index contributed by atoms with van der Waals surface area (Å²) in [6, 6.07) is 8.03. The van der Waals surface area contributed by atoms with Crippen LogP contribution in [0.5, 0.6) is 0 Å². The summed E-state index contributed by atoms with van der Waals surface area (Å²) in [5.41, 5.74) is 3.04. The summed E-state index contributed by atoms with van der Waals surface area (Å²) in [4.78, 5) is 0. The van der Waals surface area contributed by atoms with E-state index in [4.69, 9.17) is 5.26 Å². The van der Waals surface area contributed by atoms with Crippen molar-refractivity contribution in [1.29, 1.82) is 5.26 Å². The van der Waals surface area contributed by atoms with E-state index in [1.165, 1.54) is 0 Å². The van der Waals surface area contributed by atoms with Gasteiger partial charge in [0.1, 0.15) is 16.1 Å². The number of hydrogen-bond donors (Lipinski definition) is 0. The Morgan fingerprint density at radius 2 is 2.21 bits per heavy atom. The SMILES string of the molecule is CC(C)(C)[S+]([O-])N=C[C@H]1CCc2c(C#N)cccc21. The van der Waals surface area contributed by atoms with Crippen LogP contribution >= 0.6 is 0 Å². The highest BCUT2D eigenvalue weighted by molar-refractivity contribution is 7.91. The molecule has 0 saturated carbocycles. The first-order valence-corrected chi connectivity index (χ1v) is 7.52. The van der Waals surface area contributed by atoms with Crippen LogP contribution in [0, 0.1) is 11.3 Å². The van der Waals surface area contributed by atoms with Crippen LogP contribution in [-0.2, 0) is 17.8 Å². The van der Waals surface area contributed by atoms with Crippen LogP contribution in [0.25, 0.3) is 0 Å². The van der Waals surface area contributed by atoms with Gasteiger partial charge in [-0.3, -0.25) is 0 Å². The molecule has 0 fully saturated rings. The van der Waals surface area contributed by atoms with Gasteiger partial charge in [0.05, 0.1) is 17.8 Å². The van der Waals surface area contributed by atoms with Gasteiger partial charge >= 0.3 is 0 Å². The standard InChI is InChI=1S/C15H18N2OS/c1-15(2,3)19(18)17-10-12-7-8-14-11(9-16)5-4-6-13(12)14/h4-6,10,12H,7-8H2,1-3H3/t12-,19?/m1/s1. The Bertz CT molecular complexity index is 540. The number of nitriles is 1. The van der Waals surface area contributed by atoms with Crippen molar-refractivity contribution in [3.8, 4) is 6.07 Å². The fourth-order valence-electron chi connectivity index (χ4n) is 2.23. The average Bonchev–Trinajstić information content (AvgIpc) is 2.77. The number of benzene rings is 1. The minimum Gasteiger partial charge on any atom is -0.591 e. The molecule has 100 valence electrons. The summed E-state index contributed by atoms with van der Waals surface area (Å²) >= 11 is -1.21. The molecule has 0 saturated heterocycles. The zero-order chi connectivity index (χ0) is 14.0. The summed E-state index contributed by atoms with van der Waals surface area (Å²) in [6.07, 6.45) is 3.64. The fourth-order valence-corrected chi connectivity index (χ4v) is 2.81. The van der Waals surface area contributed by atoms with Gasteiger partial charge in [-0.05, 0) is 50.8 Å². The molecule has 1 aliphatic carbocycles. The van der Waals surface area contributed by atoms with Crippen molar-refractivity contribution in [2.24, 2.45) is 4.40 Å². The van der Waals surface area contributed by atoms with Crippen molar-refractivity contribution in [2.75, 3.05) is 0 Å². The maximum atomic E-state index is 11.9. The maximum absolute atomic E-state index is 11.9. The molecule has 3 nitrogen and oxygen atoms in total. The van der Waals surface area contributed by atoms with Gasteiger partial charge in [-0.25, -0.2) is 0 Å². The van der Waals surface area contributed by atoms with Gasteiger partial charge in [-0.15, -0.1) is 0 Å². The third-order valence-electron chi connectivity index (χ3n) is 3.30. The largest absolute Gasteiger partial charge is 0.591 e. The quantitative estimate of drug-likeness (QED) is 0.614. The van der Waals surface area contributed by atoms with Crippen LogP contribution in [0.2, 0.25) is 0 Å². The number of nitrogens with zero attached hydrogens (tertiary/aromatic N) is 2. The topological polar surface area (TPSA) is 59.2 Å². The number of hydrogen-bond acceptors (Lipinski definition) is 3. The van der Waals surface area contributed by atoms with E-state index >= 15 is 0 Å². The molecule has 0 aliphatic heterocycles. The van der Waals surface area contributed by atoms with Gasteiger partial charge in [0.2, 0.25) is 0 Å². The summed E-state index contributed by atoms with van der Waals surface area (Å²) < 4.78 is 15.8. The molecule has 1 unspecified atom stereocenters. The molecule has 19 heavy (non-hydrogen) atoms. The second-order valence-electron chi connectivity index (χ2n) is 5.75. The number of fused-ring (bicyclic) bond motifs is 1. The van der Waals surface area contributed by atoms with Crippen LogP contribution in [0.1, 0.15) is 49.8 Å². The zero-order valence-electron chi connectivity index (χ0n) is 11.5. The average molecular weight is 274 g/mol. The van der Waals surface area contributed by atoms with E-state index in [-0.39, 0.29) is 10.7 Å². The lowest BCUT2D eigenvalue weighted by Crippen LogP contribution is -2.26. The Morgan fingerprint density at radius 3 is 2.84 bits per heavy atom. The molecule has 0 N–H and O–H groups in total. The van der Waals surface area contributed by atoms with Crippen molar-refractivity contribution in [1.82, 2.24) is 0 Å². The molecular formula is C15H18N2OS. The lowest BCUT2D eigenvalue weighted by molar-refractivity contribution is 0.561. The molecule has 0 spiro atoms. The third kappa shape index (κ3) is 2.99. The van der Waals surface area contributed by atoms with Crippen molar-refractivity contribution in [3.05, 3.63) is 34.9 Å². The van der Waals surface area contributed by atoms with Crippen molar-refractivity contribution in [3.63, 3.8) is 0 Å². The molecule has 1 aromatic rings. The van der Waals surface area contributed by atoms with E-state index in [1.807, 2.05) is 39.0 Å². The Kier molecular flexibility index (Phi) is 3.98. The van der Waals surface area contributed by atoms with E-state index in [0.29, 0.717) is 0 Å². The monoisotopic (exact) mass is 274 g/mol. The van der Waals surface area contributed by atoms with Crippen molar-refractivity contribution < 1.29 is 4.55 Å². The highest BCUT2D eigenvalue weighted by atomic mass is 32.2. The molecule has 0 aromatic heterocycles. The van der Waals surface area contributed by atoms with Gasteiger partial charge in [0.25, 0.3) is 0 Å². The smallest absolute Gasteiger partial charge is 0.144 e. The minimum absolute atomic E-state index is 0.189. The molecule has 2 rings (SSSR count). The Morgan fingerprint density at radius 1 is 1.47 bits per heavy atom. The van der Waals surface area contributed by atoms with Gasteiger partial charge in [-0.1, -0.05) is 16.5 Å². The van der Waals surface area contributed by atoms with E-state index < -0.39 is 11.4 Å². The van der Waals surface area contributed by atoms with Crippen LogP contribution in [0.4, 0.5) is 0 Å². The fraction of sp³-hybridized carbons (Fsp3) is 0.467. The van der Waals surface area contributed by atoms with E-state index in [1.54, 1.807) is 6.21 Å². The summed E-state index contributed by atoms with van der Waals surface area (Å²) in [6.45, 7) is 5.74. The van der Waals surface area contributed by atoms with Crippen LogP contribution < -0.4 is 0 Å². The van der Waals surface area contributed by atoms with Crippen LogP contribution in [-0.4, -0.2) is 15.5 Å². The molecule has 4 heteroatoms. The van der Waals surface area contributed by atoms with Crippen LogP contribution in [0.15, 0.2) is 22.6 Å². The van der Waals surface area contributed by atoms with E-state index in [9.17, 15) is 4.55 Å². The third-order valence-corrected chi connectivity index (χ3v) is 4.66. The predicted molar refractivity (Wildman–Crippen MR) is 78.6 cm³/mol. The molecular weight excluding hydrogens is 256 g/mol. The molecule has 0 radical (unpaired) electrons. The Balaban J connectivity index is 2.20. The molecule has 0 heterocycles. The zero-order valence-corrected chi connectivity index (χ0v) is 12.3. The molecule has 1 aliphatic rings. The molecule has 2 atom stereocenters. The minimum atomic E-state index is -1.21. The van der Waals surface area contributed by atoms with Gasteiger partial charge in [0.15, 0.2) is 0 Å². The Labute approximate surface area is 117 Å². The second kappa shape index (κ2) is 5.36. The lowest BCUT2D eigenvalue weighted by Gasteiger charge is -2.18. The Hall–Kier alpha value is -1.31. The number of rotatable bonds is 2. The van der Waals surface area contributed by atoms with Crippen molar-refractivity contribution in [2.45, 2.75) is 44.3 Å². The first kappa shape index (κ1) is 14.1. The lowest BCUT2D eigenvalue weighted by atomic mass is 10.00. The normalized spacial score (nSPS) is 20.3. The van der Waals surface area contributed by atoms with E-state index in [2.05, 4.69) is 10.5 Å². The molecule has 1 aromatic carbocycles. The summed E-state index contributed by atoms with van der Waals surface area (Å²) in [5.74, 6) is 0.189. The van der Waals surface area contributed by atoms with E-state index in [0.717, 1.165) is 29.5 Å². The van der Waals surface area contributed by atoms with Gasteiger partial charge < -0.3 is 4.55 Å². The summed E-state index contributed by atoms with van der Waals surface area (Å²) in [5, 5.41) is 9.08. The molecule has 0 amide bonds. The maximum Gasteiger partial charge on any atom is 0.144 e.